The molecule has 2 aromatic carbocycles. The molecule has 33 heavy (non-hydrogen) atoms. The van der Waals surface area contributed by atoms with Crippen molar-refractivity contribution in [2.75, 3.05) is 63.8 Å². The van der Waals surface area contributed by atoms with E-state index in [2.05, 4.69) is 9.80 Å². The molecular formula is C26H33FN4O2. The molecule has 0 N–H and O–H groups in total. The summed E-state index contributed by atoms with van der Waals surface area (Å²) in [4.78, 5) is 34.2. The zero-order valence-corrected chi connectivity index (χ0v) is 19.5. The van der Waals surface area contributed by atoms with Crippen molar-refractivity contribution in [2.45, 2.75) is 19.3 Å². The molecule has 0 unspecified atom stereocenters. The molecule has 0 bridgehead atoms. The minimum atomic E-state index is -0.566. The molecule has 2 amide bonds. The highest BCUT2D eigenvalue weighted by Gasteiger charge is 2.35. The fourth-order valence-electron chi connectivity index (χ4n) is 4.64. The Morgan fingerprint density at radius 1 is 0.788 bits per heavy atom. The Balaban J connectivity index is 1.23. The SMILES string of the molecule is CC(C)(C(=O)N1CCN(CC(=O)N2CCN(c3ccc(F)cc3)CC2)CC1)c1ccccc1. The lowest BCUT2D eigenvalue weighted by Crippen LogP contribution is -2.56. The predicted octanol–water partition coefficient (Wildman–Crippen LogP) is 2.60. The monoisotopic (exact) mass is 452 g/mol. The average molecular weight is 453 g/mol. The summed E-state index contributed by atoms with van der Waals surface area (Å²) in [6.07, 6.45) is 0. The zero-order valence-electron chi connectivity index (χ0n) is 19.5. The summed E-state index contributed by atoms with van der Waals surface area (Å²) in [5.74, 6) is 0.0349. The molecule has 2 aromatic rings. The fourth-order valence-corrected chi connectivity index (χ4v) is 4.64. The Kier molecular flexibility index (Phi) is 6.98. The number of nitrogens with zero attached hydrogens (tertiary/aromatic N) is 4. The third-order valence-corrected chi connectivity index (χ3v) is 6.87. The van der Waals surface area contributed by atoms with Crippen molar-refractivity contribution < 1.29 is 14.0 Å². The van der Waals surface area contributed by atoms with Crippen LogP contribution in [0.2, 0.25) is 0 Å². The van der Waals surface area contributed by atoms with Crippen LogP contribution in [0.25, 0.3) is 0 Å². The zero-order chi connectivity index (χ0) is 23.4. The Bertz CT molecular complexity index is 948. The summed E-state index contributed by atoms with van der Waals surface area (Å²) in [5, 5.41) is 0. The van der Waals surface area contributed by atoms with Gasteiger partial charge < -0.3 is 14.7 Å². The van der Waals surface area contributed by atoms with E-state index >= 15 is 0 Å². The number of hydrogen-bond acceptors (Lipinski definition) is 4. The Labute approximate surface area is 195 Å². The van der Waals surface area contributed by atoms with Crippen LogP contribution in [0.4, 0.5) is 10.1 Å². The van der Waals surface area contributed by atoms with Gasteiger partial charge in [0.25, 0.3) is 0 Å². The standard InChI is InChI=1S/C26H33FN4O2/c1-26(2,21-6-4-3-5-7-21)25(33)31-14-12-28(13-15-31)20-24(32)30-18-16-29(17-19-30)23-10-8-22(27)9-11-23/h3-11H,12-20H2,1-2H3. The van der Waals surface area contributed by atoms with Crippen molar-refractivity contribution in [1.29, 1.82) is 0 Å². The topological polar surface area (TPSA) is 47.1 Å². The number of benzene rings is 2. The third kappa shape index (κ3) is 5.36. The lowest BCUT2D eigenvalue weighted by atomic mass is 9.83. The van der Waals surface area contributed by atoms with Crippen molar-refractivity contribution in [3.8, 4) is 0 Å². The Morgan fingerprint density at radius 3 is 1.97 bits per heavy atom. The molecular weight excluding hydrogens is 419 g/mol. The predicted molar refractivity (Wildman–Crippen MR) is 128 cm³/mol. The Morgan fingerprint density at radius 2 is 1.36 bits per heavy atom. The van der Waals surface area contributed by atoms with Gasteiger partial charge >= 0.3 is 0 Å². The summed E-state index contributed by atoms with van der Waals surface area (Å²) in [5.41, 5.74) is 1.44. The molecule has 0 saturated carbocycles. The second-order valence-electron chi connectivity index (χ2n) is 9.40. The maximum absolute atomic E-state index is 13.2. The largest absolute Gasteiger partial charge is 0.368 e. The number of amides is 2. The van der Waals surface area contributed by atoms with E-state index in [-0.39, 0.29) is 17.6 Å². The van der Waals surface area contributed by atoms with Crippen LogP contribution in [-0.4, -0.2) is 85.4 Å². The van der Waals surface area contributed by atoms with E-state index in [9.17, 15) is 14.0 Å². The molecule has 2 aliphatic rings. The van der Waals surface area contributed by atoms with Gasteiger partial charge in [-0.1, -0.05) is 30.3 Å². The van der Waals surface area contributed by atoms with Gasteiger partial charge in [-0.05, 0) is 43.7 Å². The van der Waals surface area contributed by atoms with Gasteiger partial charge in [-0.2, -0.15) is 0 Å². The molecule has 2 fully saturated rings. The molecule has 0 atom stereocenters. The van der Waals surface area contributed by atoms with E-state index in [0.717, 1.165) is 24.3 Å². The minimum Gasteiger partial charge on any atom is -0.368 e. The van der Waals surface area contributed by atoms with Crippen LogP contribution in [-0.2, 0) is 15.0 Å². The van der Waals surface area contributed by atoms with Crippen LogP contribution in [0.15, 0.2) is 54.6 Å². The lowest BCUT2D eigenvalue weighted by Gasteiger charge is -2.40. The van der Waals surface area contributed by atoms with E-state index in [1.54, 1.807) is 12.1 Å². The van der Waals surface area contributed by atoms with Crippen LogP contribution >= 0.6 is 0 Å². The number of hydrogen-bond donors (Lipinski definition) is 0. The summed E-state index contributed by atoms with van der Waals surface area (Å²) in [7, 11) is 0. The fraction of sp³-hybridized carbons (Fsp3) is 0.462. The molecule has 2 heterocycles. The number of halogens is 1. The van der Waals surface area contributed by atoms with Crippen LogP contribution in [0.5, 0.6) is 0 Å². The quantitative estimate of drug-likeness (QED) is 0.700. The van der Waals surface area contributed by atoms with Gasteiger partial charge in [0.1, 0.15) is 5.82 Å². The molecule has 0 aliphatic carbocycles. The van der Waals surface area contributed by atoms with Crippen LogP contribution in [0, 0.1) is 5.82 Å². The lowest BCUT2D eigenvalue weighted by molar-refractivity contribution is -0.139. The second kappa shape index (κ2) is 9.91. The van der Waals surface area contributed by atoms with E-state index in [0.29, 0.717) is 45.8 Å². The maximum Gasteiger partial charge on any atom is 0.236 e. The van der Waals surface area contributed by atoms with E-state index in [1.807, 2.05) is 54.0 Å². The van der Waals surface area contributed by atoms with Crippen LogP contribution in [0.1, 0.15) is 19.4 Å². The third-order valence-electron chi connectivity index (χ3n) is 6.87. The molecule has 7 heteroatoms. The molecule has 176 valence electrons. The number of carbonyl (C=O) groups excluding carboxylic acids is 2. The molecule has 2 aliphatic heterocycles. The molecule has 0 radical (unpaired) electrons. The maximum atomic E-state index is 13.2. The molecule has 0 spiro atoms. The number of rotatable bonds is 5. The first-order valence-electron chi connectivity index (χ1n) is 11.7. The summed E-state index contributed by atoms with van der Waals surface area (Å²) < 4.78 is 13.2. The molecule has 0 aromatic heterocycles. The first-order chi connectivity index (χ1) is 15.8. The minimum absolute atomic E-state index is 0.136. The molecule has 2 saturated heterocycles. The van der Waals surface area contributed by atoms with Gasteiger partial charge in [-0.3, -0.25) is 14.5 Å². The van der Waals surface area contributed by atoms with E-state index in [4.69, 9.17) is 0 Å². The highest BCUT2D eigenvalue weighted by Crippen LogP contribution is 2.26. The van der Waals surface area contributed by atoms with Crippen molar-refractivity contribution in [1.82, 2.24) is 14.7 Å². The van der Waals surface area contributed by atoms with Gasteiger partial charge in [0, 0.05) is 58.0 Å². The summed E-state index contributed by atoms with van der Waals surface area (Å²) in [6, 6.07) is 16.4. The summed E-state index contributed by atoms with van der Waals surface area (Å²) >= 11 is 0. The highest BCUT2D eigenvalue weighted by atomic mass is 19.1. The van der Waals surface area contributed by atoms with Crippen molar-refractivity contribution in [3.63, 3.8) is 0 Å². The molecule has 4 rings (SSSR count). The van der Waals surface area contributed by atoms with Gasteiger partial charge in [0.2, 0.25) is 11.8 Å². The average Bonchev–Trinajstić information content (AvgIpc) is 2.85. The van der Waals surface area contributed by atoms with Gasteiger partial charge in [0.05, 0.1) is 12.0 Å². The van der Waals surface area contributed by atoms with Crippen LogP contribution < -0.4 is 4.90 Å². The number of anilines is 1. The van der Waals surface area contributed by atoms with Gasteiger partial charge in [0.15, 0.2) is 0 Å². The first kappa shape index (κ1) is 23.2. The van der Waals surface area contributed by atoms with Gasteiger partial charge in [-0.25, -0.2) is 4.39 Å². The van der Waals surface area contributed by atoms with E-state index in [1.165, 1.54) is 12.1 Å². The summed E-state index contributed by atoms with van der Waals surface area (Å²) in [6.45, 7) is 9.86. The highest BCUT2D eigenvalue weighted by molar-refractivity contribution is 5.87. The van der Waals surface area contributed by atoms with Crippen molar-refractivity contribution in [3.05, 3.63) is 66.0 Å². The van der Waals surface area contributed by atoms with Gasteiger partial charge in [-0.15, -0.1) is 0 Å². The Hall–Kier alpha value is -2.93. The normalized spacial score (nSPS) is 17.8. The number of carbonyl (C=O) groups is 2. The first-order valence-corrected chi connectivity index (χ1v) is 11.7. The number of piperazine rings is 2. The van der Waals surface area contributed by atoms with Crippen LogP contribution in [0.3, 0.4) is 0 Å². The smallest absolute Gasteiger partial charge is 0.236 e. The molecule has 6 nitrogen and oxygen atoms in total. The second-order valence-corrected chi connectivity index (χ2v) is 9.40. The van der Waals surface area contributed by atoms with Crippen molar-refractivity contribution >= 4 is 17.5 Å². The van der Waals surface area contributed by atoms with E-state index < -0.39 is 5.41 Å². The van der Waals surface area contributed by atoms with Crippen molar-refractivity contribution in [2.24, 2.45) is 0 Å².